The minimum Gasteiger partial charge on any atom is -0.395 e. The highest BCUT2D eigenvalue weighted by Gasteiger charge is 2.30. The first-order valence-corrected chi connectivity index (χ1v) is 11.5. The molecule has 8 heteroatoms. The van der Waals surface area contributed by atoms with E-state index in [1.807, 2.05) is 24.4 Å². The van der Waals surface area contributed by atoms with Crippen molar-refractivity contribution in [1.82, 2.24) is 20.2 Å². The first kappa shape index (κ1) is 21.0. The number of carbonyl (C=O) groups is 1. The van der Waals surface area contributed by atoms with Crippen LogP contribution in [0.4, 0.5) is 0 Å². The van der Waals surface area contributed by atoms with Crippen molar-refractivity contribution in [2.24, 2.45) is 0 Å². The SMILES string of the molecule is O=C(NCCO)c1sc2ncccc2c1[C@@H]1CN(Cc2ccc3ncccc3c2)CCO1. The standard InChI is InChI=1S/C24H24N4O3S/c29-11-9-26-23(30)22-21(18-4-2-8-27-24(18)32-22)20-15-28(10-12-31-20)14-16-5-6-19-17(13-16)3-1-7-25-19/h1-8,13,20,29H,9-12,14-15H2,(H,26,30)/t20-/m0/s1. The summed E-state index contributed by atoms with van der Waals surface area (Å²) in [6.45, 7) is 3.03. The van der Waals surface area contributed by atoms with Crippen molar-refractivity contribution in [3.63, 3.8) is 0 Å². The van der Waals surface area contributed by atoms with Gasteiger partial charge < -0.3 is 15.2 Å². The third kappa shape index (κ3) is 4.22. The number of ether oxygens (including phenoxy) is 1. The summed E-state index contributed by atoms with van der Waals surface area (Å²) in [7, 11) is 0. The minimum absolute atomic E-state index is 0.0980. The van der Waals surface area contributed by atoms with Crippen molar-refractivity contribution in [2.75, 3.05) is 32.8 Å². The molecule has 32 heavy (non-hydrogen) atoms. The number of aromatic nitrogens is 2. The molecule has 3 aromatic heterocycles. The second-order valence-electron chi connectivity index (χ2n) is 7.81. The van der Waals surface area contributed by atoms with E-state index in [-0.39, 0.29) is 25.2 Å². The van der Waals surface area contributed by atoms with Gasteiger partial charge in [0.25, 0.3) is 5.91 Å². The lowest BCUT2D eigenvalue weighted by atomic mass is 10.0. The fraction of sp³-hybridized carbons (Fsp3) is 0.292. The molecular formula is C24H24N4O3S. The number of rotatable bonds is 6. The van der Waals surface area contributed by atoms with Crippen molar-refractivity contribution < 1.29 is 14.6 Å². The molecule has 1 amide bonds. The van der Waals surface area contributed by atoms with Gasteiger partial charge >= 0.3 is 0 Å². The Hall–Kier alpha value is -2.91. The van der Waals surface area contributed by atoms with Crippen molar-refractivity contribution in [1.29, 1.82) is 0 Å². The summed E-state index contributed by atoms with van der Waals surface area (Å²) in [5, 5.41) is 14.0. The number of carbonyl (C=O) groups excluding carboxylic acids is 1. The topological polar surface area (TPSA) is 87.6 Å². The first-order valence-electron chi connectivity index (χ1n) is 10.7. The van der Waals surface area contributed by atoms with Gasteiger partial charge in [-0.2, -0.15) is 0 Å². The molecule has 5 rings (SSSR count). The molecule has 1 fully saturated rings. The highest BCUT2D eigenvalue weighted by atomic mass is 32.1. The molecule has 0 bridgehead atoms. The van der Waals surface area contributed by atoms with Gasteiger partial charge in [-0.05, 0) is 29.8 Å². The highest BCUT2D eigenvalue weighted by Crippen LogP contribution is 2.37. The van der Waals surface area contributed by atoms with Crippen molar-refractivity contribution in [3.05, 3.63) is 70.9 Å². The number of morpholine rings is 1. The second-order valence-corrected chi connectivity index (χ2v) is 8.80. The van der Waals surface area contributed by atoms with Gasteiger partial charge in [-0.3, -0.25) is 14.7 Å². The fourth-order valence-electron chi connectivity index (χ4n) is 4.19. The molecular weight excluding hydrogens is 424 g/mol. The largest absolute Gasteiger partial charge is 0.395 e. The average Bonchev–Trinajstić information content (AvgIpc) is 3.22. The monoisotopic (exact) mass is 448 g/mol. The third-order valence-electron chi connectivity index (χ3n) is 5.65. The van der Waals surface area contributed by atoms with E-state index in [1.165, 1.54) is 16.9 Å². The van der Waals surface area contributed by atoms with Crippen LogP contribution in [0.15, 0.2) is 54.9 Å². The Bertz CT molecular complexity index is 1260. The summed E-state index contributed by atoms with van der Waals surface area (Å²) in [4.78, 5) is 25.5. The van der Waals surface area contributed by atoms with E-state index < -0.39 is 0 Å². The van der Waals surface area contributed by atoms with E-state index in [2.05, 4.69) is 44.5 Å². The van der Waals surface area contributed by atoms with E-state index in [1.54, 1.807) is 6.20 Å². The molecule has 4 heterocycles. The fourth-order valence-corrected chi connectivity index (χ4v) is 5.30. The number of pyridine rings is 2. The summed E-state index contributed by atoms with van der Waals surface area (Å²) >= 11 is 1.37. The highest BCUT2D eigenvalue weighted by molar-refractivity contribution is 7.20. The number of benzene rings is 1. The first-order chi connectivity index (χ1) is 15.7. The van der Waals surface area contributed by atoms with Gasteiger partial charge in [-0.25, -0.2) is 4.98 Å². The molecule has 1 aliphatic heterocycles. The summed E-state index contributed by atoms with van der Waals surface area (Å²) < 4.78 is 6.16. The van der Waals surface area contributed by atoms with Gasteiger partial charge in [0.2, 0.25) is 0 Å². The van der Waals surface area contributed by atoms with Crippen LogP contribution in [0, 0.1) is 0 Å². The smallest absolute Gasteiger partial charge is 0.261 e. The number of hydrogen-bond acceptors (Lipinski definition) is 7. The van der Waals surface area contributed by atoms with Gasteiger partial charge in [-0.1, -0.05) is 18.2 Å². The molecule has 1 aromatic carbocycles. The quantitative estimate of drug-likeness (QED) is 0.471. The Balaban J connectivity index is 1.41. The number of thiophene rings is 1. The molecule has 4 aromatic rings. The summed E-state index contributed by atoms with van der Waals surface area (Å²) in [5.74, 6) is -0.195. The van der Waals surface area contributed by atoms with Crippen LogP contribution >= 0.6 is 11.3 Å². The molecule has 0 unspecified atom stereocenters. The molecule has 0 spiro atoms. The van der Waals surface area contributed by atoms with Crippen LogP contribution in [-0.2, 0) is 11.3 Å². The number of hydrogen-bond donors (Lipinski definition) is 2. The molecule has 164 valence electrons. The molecule has 0 saturated carbocycles. The lowest BCUT2D eigenvalue weighted by molar-refractivity contribution is -0.0323. The van der Waals surface area contributed by atoms with Gasteiger partial charge in [0, 0.05) is 54.9 Å². The number of nitrogens with zero attached hydrogens (tertiary/aromatic N) is 3. The average molecular weight is 449 g/mol. The zero-order valence-electron chi connectivity index (χ0n) is 17.5. The Morgan fingerprint density at radius 3 is 3.00 bits per heavy atom. The lowest BCUT2D eigenvalue weighted by Gasteiger charge is -2.33. The third-order valence-corrected chi connectivity index (χ3v) is 6.78. The molecule has 0 radical (unpaired) electrons. The maximum atomic E-state index is 12.8. The van der Waals surface area contributed by atoms with Gasteiger partial charge in [0.1, 0.15) is 9.71 Å². The lowest BCUT2D eigenvalue weighted by Crippen LogP contribution is -2.38. The zero-order chi connectivity index (χ0) is 21.9. The Labute approximate surface area is 189 Å². The van der Waals surface area contributed by atoms with Gasteiger partial charge in [0.05, 0.1) is 24.8 Å². The molecule has 2 N–H and O–H groups in total. The Morgan fingerprint density at radius 2 is 2.09 bits per heavy atom. The van der Waals surface area contributed by atoms with E-state index >= 15 is 0 Å². The van der Waals surface area contributed by atoms with E-state index in [4.69, 9.17) is 9.84 Å². The van der Waals surface area contributed by atoms with Crippen LogP contribution in [-0.4, -0.2) is 58.7 Å². The van der Waals surface area contributed by atoms with Crippen LogP contribution in [0.5, 0.6) is 0 Å². The Morgan fingerprint density at radius 1 is 1.22 bits per heavy atom. The molecule has 7 nitrogen and oxygen atoms in total. The normalized spacial score (nSPS) is 17.1. The van der Waals surface area contributed by atoms with E-state index in [9.17, 15) is 4.79 Å². The summed E-state index contributed by atoms with van der Waals surface area (Å²) in [6.07, 6.45) is 3.32. The molecule has 1 aliphatic rings. The van der Waals surface area contributed by atoms with Crippen molar-refractivity contribution >= 4 is 38.4 Å². The molecule has 0 aliphatic carbocycles. The van der Waals surface area contributed by atoms with Crippen molar-refractivity contribution in [3.8, 4) is 0 Å². The zero-order valence-corrected chi connectivity index (χ0v) is 18.3. The predicted molar refractivity (Wildman–Crippen MR) is 125 cm³/mol. The molecule has 1 atom stereocenters. The minimum atomic E-state index is -0.223. The second kappa shape index (κ2) is 9.30. The number of fused-ring (bicyclic) bond motifs is 2. The Kier molecular flexibility index (Phi) is 6.09. The summed E-state index contributed by atoms with van der Waals surface area (Å²) in [6, 6.07) is 14.3. The van der Waals surface area contributed by atoms with Crippen molar-refractivity contribution in [2.45, 2.75) is 12.6 Å². The van der Waals surface area contributed by atoms with E-state index in [0.717, 1.165) is 39.8 Å². The van der Waals surface area contributed by atoms with Crippen LogP contribution in [0.2, 0.25) is 0 Å². The summed E-state index contributed by atoms with van der Waals surface area (Å²) in [5.41, 5.74) is 3.11. The maximum absolute atomic E-state index is 12.8. The number of amides is 1. The van der Waals surface area contributed by atoms with Crippen LogP contribution in [0.1, 0.15) is 26.9 Å². The number of nitrogens with one attached hydrogen (secondary N) is 1. The maximum Gasteiger partial charge on any atom is 0.261 e. The molecule has 1 saturated heterocycles. The van der Waals surface area contributed by atoms with Gasteiger partial charge in [-0.15, -0.1) is 11.3 Å². The van der Waals surface area contributed by atoms with Crippen LogP contribution in [0.3, 0.4) is 0 Å². The van der Waals surface area contributed by atoms with Gasteiger partial charge in [0.15, 0.2) is 0 Å². The predicted octanol–water partition coefficient (Wildman–Crippen LogP) is 3.14. The number of aliphatic hydroxyl groups is 1. The van der Waals surface area contributed by atoms with E-state index in [0.29, 0.717) is 18.0 Å². The van der Waals surface area contributed by atoms with Crippen LogP contribution < -0.4 is 5.32 Å². The van der Waals surface area contributed by atoms with Crippen LogP contribution in [0.25, 0.3) is 21.1 Å². The number of aliphatic hydroxyl groups excluding tert-OH is 1.